The predicted octanol–water partition coefficient (Wildman–Crippen LogP) is 1.13. The van der Waals surface area contributed by atoms with Gasteiger partial charge in [0, 0.05) is 51.9 Å². The Hall–Kier alpha value is -1.83. The smallest absolute Gasteiger partial charge is 0.234 e. The molecule has 154 valence electrons. The Bertz CT molecular complexity index is 676. The average molecular weight is 389 g/mol. The highest BCUT2D eigenvalue weighted by atomic mass is 16.7. The lowest BCUT2D eigenvalue weighted by Gasteiger charge is -2.43. The maximum atomic E-state index is 11.9. The number of ether oxygens (including phenoxy) is 2. The highest BCUT2D eigenvalue weighted by Gasteiger charge is 2.28. The van der Waals surface area contributed by atoms with Crippen molar-refractivity contribution in [3.8, 4) is 11.5 Å². The number of amides is 1. The van der Waals surface area contributed by atoms with Crippen LogP contribution in [0.3, 0.4) is 0 Å². The monoisotopic (exact) mass is 388 g/mol. The van der Waals surface area contributed by atoms with Crippen LogP contribution in [-0.4, -0.2) is 85.8 Å². The van der Waals surface area contributed by atoms with Crippen molar-refractivity contribution >= 4 is 5.91 Å². The first kappa shape index (κ1) is 19.5. The summed E-state index contributed by atoms with van der Waals surface area (Å²) in [5.41, 5.74) is 1.28. The second kappa shape index (κ2) is 9.11. The minimum Gasteiger partial charge on any atom is -0.454 e. The van der Waals surface area contributed by atoms with Gasteiger partial charge in [-0.25, -0.2) is 0 Å². The summed E-state index contributed by atoms with van der Waals surface area (Å²) in [6.45, 7) is 10.9. The summed E-state index contributed by atoms with van der Waals surface area (Å²) in [7, 11) is 0. The van der Waals surface area contributed by atoms with E-state index in [1.807, 2.05) is 13.0 Å². The number of fused-ring (bicyclic) bond motifs is 1. The van der Waals surface area contributed by atoms with Gasteiger partial charge < -0.3 is 14.8 Å². The maximum Gasteiger partial charge on any atom is 0.234 e. The zero-order valence-corrected chi connectivity index (χ0v) is 16.9. The molecule has 2 saturated heterocycles. The number of piperazine rings is 1. The maximum absolute atomic E-state index is 11.9. The molecule has 4 rings (SSSR count). The molecule has 1 N–H and O–H groups in total. The number of carbonyl (C=O) groups is 1. The number of piperidine rings is 1. The summed E-state index contributed by atoms with van der Waals surface area (Å²) in [5, 5.41) is 2.91. The molecule has 3 heterocycles. The zero-order chi connectivity index (χ0) is 19.3. The Labute approximate surface area is 167 Å². The molecule has 0 radical (unpaired) electrons. The number of likely N-dealkylation sites (N-methyl/N-ethyl adjacent to an activating group) is 1. The molecule has 3 aliphatic heterocycles. The topological polar surface area (TPSA) is 57.3 Å². The van der Waals surface area contributed by atoms with Crippen molar-refractivity contribution in [1.29, 1.82) is 0 Å². The van der Waals surface area contributed by atoms with Crippen LogP contribution < -0.4 is 14.8 Å². The van der Waals surface area contributed by atoms with Gasteiger partial charge in [-0.2, -0.15) is 0 Å². The molecule has 1 atom stereocenters. The van der Waals surface area contributed by atoms with Crippen LogP contribution >= 0.6 is 0 Å². The molecular formula is C21H32N4O3. The van der Waals surface area contributed by atoms with E-state index in [1.165, 1.54) is 18.4 Å². The Kier molecular flexibility index (Phi) is 6.34. The number of likely N-dealkylation sites (tertiary alicyclic amines) is 1. The minimum absolute atomic E-state index is 0.150. The van der Waals surface area contributed by atoms with E-state index in [0.29, 0.717) is 25.9 Å². The van der Waals surface area contributed by atoms with Crippen LogP contribution in [-0.2, 0) is 11.3 Å². The number of benzene rings is 1. The molecule has 0 aromatic heterocycles. The number of nitrogens with zero attached hydrogens (tertiary/aromatic N) is 3. The number of rotatable bonds is 6. The minimum atomic E-state index is 0.150. The molecule has 1 amide bonds. The predicted molar refractivity (Wildman–Crippen MR) is 108 cm³/mol. The average Bonchev–Trinajstić information content (AvgIpc) is 3.17. The van der Waals surface area contributed by atoms with Crippen LogP contribution in [0.2, 0.25) is 0 Å². The Morgan fingerprint density at radius 3 is 2.75 bits per heavy atom. The normalized spacial score (nSPS) is 23.7. The van der Waals surface area contributed by atoms with Crippen molar-refractivity contribution in [3.05, 3.63) is 23.8 Å². The summed E-state index contributed by atoms with van der Waals surface area (Å²) < 4.78 is 10.9. The van der Waals surface area contributed by atoms with E-state index < -0.39 is 0 Å². The summed E-state index contributed by atoms with van der Waals surface area (Å²) in [6, 6.07) is 6.84. The molecule has 3 aliphatic rings. The third-order valence-corrected chi connectivity index (χ3v) is 5.99. The van der Waals surface area contributed by atoms with Gasteiger partial charge in [0.05, 0.1) is 6.54 Å². The lowest BCUT2D eigenvalue weighted by atomic mass is 10.0. The fourth-order valence-corrected chi connectivity index (χ4v) is 4.51. The van der Waals surface area contributed by atoms with E-state index in [0.717, 1.165) is 57.3 Å². The number of hydrogen-bond acceptors (Lipinski definition) is 6. The van der Waals surface area contributed by atoms with E-state index in [9.17, 15) is 4.79 Å². The van der Waals surface area contributed by atoms with Gasteiger partial charge in [-0.1, -0.05) is 6.07 Å². The Morgan fingerprint density at radius 1 is 1.11 bits per heavy atom. The second-order valence-corrected chi connectivity index (χ2v) is 7.98. The van der Waals surface area contributed by atoms with Crippen LogP contribution in [0.15, 0.2) is 18.2 Å². The van der Waals surface area contributed by atoms with Crippen molar-refractivity contribution in [2.24, 2.45) is 0 Å². The lowest BCUT2D eigenvalue weighted by Crippen LogP contribution is -2.55. The van der Waals surface area contributed by atoms with Gasteiger partial charge in [-0.3, -0.25) is 19.5 Å². The molecule has 0 bridgehead atoms. The van der Waals surface area contributed by atoms with Gasteiger partial charge in [0.25, 0.3) is 0 Å². The summed E-state index contributed by atoms with van der Waals surface area (Å²) >= 11 is 0. The van der Waals surface area contributed by atoms with Gasteiger partial charge in [-0.15, -0.1) is 0 Å². The van der Waals surface area contributed by atoms with E-state index in [2.05, 4.69) is 32.1 Å². The van der Waals surface area contributed by atoms with Gasteiger partial charge in [0.15, 0.2) is 11.5 Å². The van der Waals surface area contributed by atoms with E-state index in [4.69, 9.17) is 9.47 Å². The van der Waals surface area contributed by atoms with Gasteiger partial charge >= 0.3 is 0 Å². The van der Waals surface area contributed by atoms with Crippen LogP contribution in [0.4, 0.5) is 0 Å². The summed E-state index contributed by atoms with van der Waals surface area (Å²) in [5.74, 6) is 1.87. The Balaban J connectivity index is 1.24. The van der Waals surface area contributed by atoms with Crippen LogP contribution in [0.1, 0.15) is 25.3 Å². The van der Waals surface area contributed by atoms with Crippen LogP contribution in [0.5, 0.6) is 11.5 Å². The van der Waals surface area contributed by atoms with Crippen LogP contribution in [0.25, 0.3) is 0 Å². The highest BCUT2D eigenvalue weighted by molar-refractivity contribution is 5.77. The number of carbonyl (C=O) groups excluding carboxylic acids is 1. The standard InChI is InChI=1S/C21H32N4O3/c1-2-22-21(26)15-24-7-3-4-18(14-24)25-10-8-23(9-11-25)13-17-5-6-19-20(12-17)28-16-27-19/h5-6,12,18H,2-4,7-11,13-16H2,1H3,(H,22,26). The molecule has 28 heavy (non-hydrogen) atoms. The fraction of sp³-hybridized carbons (Fsp3) is 0.667. The number of hydrogen-bond donors (Lipinski definition) is 1. The van der Waals surface area contributed by atoms with Gasteiger partial charge in [-0.05, 0) is 44.0 Å². The third kappa shape index (κ3) is 4.77. The van der Waals surface area contributed by atoms with E-state index >= 15 is 0 Å². The van der Waals surface area contributed by atoms with E-state index in [1.54, 1.807) is 0 Å². The van der Waals surface area contributed by atoms with Crippen molar-refractivity contribution in [2.45, 2.75) is 32.4 Å². The van der Waals surface area contributed by atoms with Gasteiger partial charge in [0.1, 0.15) is 0 Å². The molecule has 1 aromatic rings. The van der Waals surface area contributed by atoms with Crippen molar-refractivity contribution < 1.29 is 14.3 Å². The molecule has 0 saturated carbocycles. The van der Waals surface area contributed by atoms with E-state index in [-0.39, 0.29) is 5.91 Å². The number of nitrogens with one attached hydrogen (secondary N) is 1. The third-order valence-electron chi connectivity index (χ3n) is 5.99. The van der Waals surface area contributed by atoms with Crippen molar-refractivity contribution in [1.82, 2.24) is 20.0 Å². The second-order valence-electron chi connectivity index (χ2n) is 7.98. The fourth-order valence-electron chi connectivity index (χ4n) is 4.51. The highest BCUT2D eigenvalue weighted by Crippen LogP contribution is 2.33. The Morgan fingerprint density at radius 2 is 1.93 bits per heavy atom. The van der Waals surface area contributed by atoms with Crippen LogP contribution in [0, 0.1) is 0 Å². The molecule has 1 aromatic carbocycles. The summed E-state index contributed by atoms with van der Waals surface area (Å²) in [6.07, 6.45) is 2.43. The first-order valence-corrected chi connectivity index (χ1v) is 10.6. The van der Waals surface area contributed by atoms with Crippen molar-refractivity contribution in [3.63, 3.8) is 0 Å². The summed E-state index contributed by atoms with van der Waals surface area (Å²) in [4.78, 5) is 19.4. The quantitative estimate of drug-likeness (QED) is 0.789. The largest absolute Gasteiger partial charge is 0.454 e. The van der Waals surface area contributed by atoms with Gasteiger partial charge in [0.2, 0.25) is 12.7 Å². The van der Waals surface area contributed by atoms with Crippen molar-refractivity contribution in [2.75, 3.05) is 59.2 Å². The molecule has 1 unspecified atom stereocenters. The molecule has 2 fully saturated rings. The molecule has 0 spiro atoms. The molecule has 7 heteroatoms. The SMILES string of the molecule is CCNC(=O)CN1CCCC(N2CCN(Cc3ccc4c(c3)OCO4)CC2)C1. The lowest BCUT2D eigenvalue weighted by molar-refractivity contribution is -0.122. The molecular weight excluding hydrogens is 356 g/mol. The first-order valence-electron chi connectivity index (χ1n) is 10.6. The first-order chi connectivity index (χ1) is 13.7. The molecule has 0 aliphatic carbocycles. The zero-order valence-electron chi connectivity index (χ0n) is 16.9. The molecule has 7 nitrogen and oxygen atoms in total.